The van der Waals surface area contributed by atoms with Crippen LogP contribution in [0.3, 0.4) is 0 Å². The predicted octanol–water partition coefficient (Wildman–Crippen LogP) is 4.49. The maximum Gasteiger partial charge on any atom is 0.416 e. The third-order valence-corrected chi connectivity index (χ3v) is 3.35. The Labute approximate surface area is 149 Å². The molecule has 0 atom stereocenters. The van der Waals surface area contributed by atoms with E-state index in [0.29, 0.717) is 5.56 Å². The molecule has 0 radical (unpaired) electrons. The van der Waals surface area contributed by atoms with Crippen molar-refractivity contribution >= 4 is 17.5 Å². The lowest BCUT2D eigenvalue weighted by molar-refractivity contribution is -0.137. The van der Waals surface area contributed by atoms with Crippen LogP contribution in [0.2, 0.25) is 0 Å². The summed E-state index contributed by atoms with van der Waals surface area (Å²) in [5.41, 5.74) is -0.439. The van der Waals surface area contributed by atoms with E-state index in [1.54, 1.807) is 12.1 Å². The zero-order valence-electron chi connectivity index (χ0n) is 14.6. The monoisotopic (exact) mass is 364 g/mol. The number of rotatable bonds is 3. The van der Waals surface area contributed by atoms with Crippen LogP contribution < -0.4 is 10.6 Å². The van der Waals surface area contributed by atoms with E-state index in [1.807, 2.05) is 20.8 Å². The van der Waals surface area contributed by atoms with Crippen molar-refractivity contribution in [2.24, 2.45) is 0 Å². The molecule has 0 aromatic heterocycles. The van der Waals surface area contributed by atoms with Gasteiger partial charge in [0.2, 0.25) is 0 Å². The van der Waals surface area contributed by atoms with Crippen LogP contribution in [0.1, 0.15) is 47.1 Å². The normalized spacial score (nSPS) is 11.8. The molecule has 2 amide bonds. The number of halogens is 3. The van der Waals surface area contributed by atoms with Gasteiger partial charge in [0, 0.05) is 22.4 Å². The predicted molar refractivity (Wildman–Crippen MR) is 93.1 cm³/mol. The average molecular weight is 364 g/mol. The summed E-state index contributed by atoms with van der Waals surface area (Å²) in [6, 6.07) is 10.2. The summed E-state index contributed by atoms with van der Waals surface area (Å²) in [7, 11) is 0. The Kier molecular flexibility index (Phi) is 5.39. The Morgan fingerprint density at radius 1 is 0.846 bits per heavy atom. The summed E-state index contributed by atoms with van der Waals surface area (Å²) < 4.78 is 37.7. The van der Waals surface area contributed by atoms with Crippen molar-refractivity contribution in [1.82, 2.24) is 5.32 Å². The highest BCUT2D eigenvalue weighted by molar-refractivity contribution is 6.06. The van der Waals surface area contributed by atoms with Crippen LogP contribution in [0.5, 0.6) is 0 Å². The smallest absolute Gasteiger partial charge is 0.347 e. The molecule has 0 bridgehead atoms. The first kappa shape index (κ1) is 19.5. The Hall–Kier alpha value is -2.83. The SMILES string of the molecule is CC(C)(C)NC(=O)c1cccc(C(=O)Nc2ccc(C(F)(F)F)cc2)c1. The van der Waals surface area contributed by atoms with Gasteiger partial charge in [0.1, 0.15) is 0 Å². The van der Waals surface area contributed by atoms with E-state index in [-0.39, 0.29) is 17.2 Å². The zero-order chi connectivity index (χ0) is 19.5. The van der Waals surface area contributed by atoms with Crippen LogP contribution in [-0.4, -0.2) is 17.4 Å². The maximum absolute atomic E-state index is 12.6. The molecular formula is C19H19F3N2O2. The Balaban J connectivity index is 2.13. The molecule has 2 aromatic carbocycles. The number of hydrogen-bond acceptors (Lipinski definition) is 2. The minimum Gasteiger partial charge on any atom is -0.347 e. The van der Waals surface area contributed by atoms with Gasteiger partial charge in [0.15, 0.2) is 0 Å². The van der Waals surface area contributed by atoms with Gasteiger partial charge in [-0.25, -0.2) is 0 Å². The second-order valence-electron chi connectivity index (χ2n) is 6.81. The fraction of sp³-hybridized carbons (Fsp3) is 0.263. The highest BCUT2D eigenvalue weighted by Gasteiger charge is 2.30. The van der Waals surface area contributed by atoms with E-state index >= 15 is 0 Å². The third-order valence-electron chi connectivity index (χ3n) is 3.35. The summed E-state index contributed by atoms with van der Waals surface area (Å²) in [6.45, 7) is 5.52. The summed E-state index contributed by atoms with van der Waals surface area (Å²) in [4.78, 5) is 24.5. The van der Waals surface area contributed by atoms with Crippen LogP contribution >= 0.6 is 0 Å². The molecule has 0 spiro atoms. The summed E-state index contributed by atoms with van der Waals surface area (Å²) >= 11 is 0. The molecule has 7 heteroatoms. The van der Waals surface area contributed by atoms with Gasteiger partial charge in [0.05, 0.1) is 5.56 Å². The molecule has 138 valence electrons. The van der Waals surface area contributed by atoms with Crippen LogP contribution in [0.4, 0.5) is 18.9 Å². The average Bonchev–Trinajstić information content (AvgIpc) is 2.53. The minimum atomic E-state index is -4.43. The number of carbonyl (C=O) groups excluding carboxylic acids is 2. The topological polar surface area (TPSA) is 58.2 Å². The fourth-order valence-electron chi connectivity index (χ4n) is 2.16. The molecule has 0 saturated carbocycles. The molecule has 0 saturated heterocycles. The molecule has 0 heterocycles. The lowest BCUT2D eigenvalue weighted by Gasteiger charge is -2.20. The van der Waals surface area contributed by atoms with Crippen LogP contribution in [0.15, 0.2) is 48.5 Å². The third kappa shape index (κ3) is 5.34. The number of carbonyl (C=O) groups is 2. The number of nitrogens with one attached hydrogen (secondary N) is 2. The van der Waals surface area contributed by atoms with Crippen LogP contribution in [-0.2, 0) is 6.18 Å². The summed E-state index contributed by atoms with van der Waals surface area (Å²) in [6.07, 6.45) is -4.43. The van der Waals surface area contributed by atoms with Crippen LogP contribution in [0, 0.1) is 0 Å². The first-order valence-corrected chi connectivity index (χ1v) is 7.87. The highest BCUT2D eigenvalue weighted by atomic mass is 19.4. The second-order valence-corrected chi connectivity index (χ2v) is 6.81. The lowest BCUT2D eigenvalue weighted by atomic mass is 10.1. The first-order chi connectivity index (χ1) is 12.0. The van der Waals surface area contributed by atoms with Gasteiger partial charge in [-0.05, 0) is 63.2 Å². The van der Waals surface area contributed by atoms with E-state index < -0.39 is 23.2 Å². The number of benzene rings is 2. The molecule has 0 aliphatic carbocycles. The van der Waals surface area contributed by atoms with Crippen molar-refractivity contribution in [3.05, 3.63) is 65.2 Å². The van der Waals surface area contributed by atoms with Crippen molar-refractivity contribution in [1.29, 1.82) is 0 Å². The van der Waals surface area contributed by atoms with Gasteiger partial charge in [0.25, 0.3) is 11.8 Å². The van der Waals surface area contributed by atoms with Crippen molar-refractivity contribution in [3.8, 4) is 0 Å². The molecule has 0 unspecified atom stereocenters. The molecule has 4 nitrogen and oxygen atoms in total. The Morgan fingerprint density at radius 2 is 1.38 bits per heavy atom. The molecule has 2 rings (SSSR count). The number of anilines is 1. The van der Waals surface area contributed by atoms with Gasteiger partial charge in [-0.15, -0.1) is 0 Å². The van der Waals surface area contributed by atoms with E-state index in [4.69, 9.17) is 0 Å². The Bertz CT molecular complexity index is 807. The Morgan fingerprint density at radius 3 is 1.88 bits per heavy atom. The fourth-order valence-corrected chi connectivity index (χ4v) is 2.16. The molecule has 0 aliphatic heterocycles. The first-order valence-electron chi connectivity index (χ1n) is 7.87. The van der Waals surface area contributed by atoms with Gasteiger partial charge < -0.3 is 10.6 Å². The lowest BCUT2D eigenvalue weighted by Crippen LogP contribution is -2.40. The van der Waals surface area contributed by atoms with Crippen molar-refractivity contribution in [3.63, 3.8) is 0 Å². The molecule has 2 aromatic rings. The summed E-state index contributed by atoms with van der Waals surface area (Å²) in [5.74, 6) is -0.836. The van der Waals surface area contributed by atoms with Crippen molar-refractivity contribution < 1.29 is 22.8 Å². The minimum absolute atomic E-state index is 0.228. The van der Waals surface area contributed by atoms with Gasteiger partial charge in [-0.3, -0.25) is 9.59 Å². The molecule has 26 heavy (non-hydrogen) atoms. The molecule has 0 fully saturated rings. The summed E-state index contributed by atoms with van der Waals surface area (Å²) in [5, 5.41) is 5.31. The van der Waals surface area contributed by atoms with E-state index in [1.165, 1.54) is 24.3 Å². The highest BCUT2D eigenvalue weighted by Crippen LogP contribution is 2.29. The number of hydrogen-bond donors (Lipinski definition) is 2. The maximum atomic E-state index is 12.6. The zero-order valence-corrected chi connectivity index (χ0v) is 14.6. The van der Waals surface area contributed by atoms with E-state index in [0.717, 1.165) is 12.1 Å². The standard InChI is InChI=1S/C19H19F3N2O2/c1-18(2,3)24-17(26)13-6-4-5-12(11-13)16(25)23-15-9-7-14(8-10-15)19(20,21)22/h4-11H,1-3H3,(H,23,25)(H,24,26). The quantitative estimate of drug-likeness (QED) is 0.843. The molecule has 0 aliphatic rings. The number of alkyl halides is 3. The second kappa shape index (κ2) is 7.19. The van der Waals surface area contributed by atoms with Gasteiger partial charge in [-0.1, -0.05) is 6.07 Å². The van der Waals surface area contributed by atoms with Crippen LogP contribution in [0.25, 0.3) is 0 Å². The van der Waals surface area contributed by atoms with Crippen molar-refractivity contribution in [2.75, 3.05) is 5.32 Å². The number of amides is 2. The van der Waals surface area contributed by atoms with Gasteiger partial charge in [-0.2, -0.15) is 13.2 Å². The van der Waals surface area contributed by atoms with Gasteiger partial charge >= 0.3 is 6.18 Å². The van der Waals surface area contributed by atoms with E-state index in [2.05, 4.69) is 10.6 Å². The van der Waals surface area contributed by atoms with Crippen molar-refractivity contribution in [2.45, 2.75) is 32.5 Å². The molecular weight excluding hydrogens is 345 g/mol. The molecule has 2 N–H and O–H groups in total. The van der Waals surface area contributed by atoms with E-state index in [9.17, 15) is 22.8 Å². The largest absolute Gasteiger partial charge is 0.416 e.